The Labute approximate surface area is 181 Å². The highest BCUT2D eigenvalue weighted by Gasteiger charge is 2.35. The molecular formula is C23H25ClN4O2. The van der Waals surface area contributed by atoms with Gasteiger partial charge in [0.05, 0.1) is 0 Å². The minimum absolute atomic E-state index is 0. The number of likely N-dealkylation sites (tertiary alicyclic amines) is 1. The Hall–Kier alpha value is -2.70. The van der Waals surface area contributed by atoms with E-state index in [1.54, 1.807) is 0 Å². The number of hydrogen-bond acceptors (Lipinski definition) is 5. The van der Waals surface area contributed by atoms with E-state index in [4.69, 9.17) is 10.3 Å². The largest absolute Gasteiger partial charge is 0.339 e. The molecule has 30 heavy (non-hydrogen) atoms. The van der Waals surface area contributed by atoms with Crippen LogP contribution in [0.4, 0.5) is 0 Å². The topological polar surface area (TPSA) is 85.2 Å². The molecule has 1 aliphatic heterocycles. The monoisotopic (exact) mass is 424 g/mol. The van der Waals surface area contributed by atoms with E-state index in [1.807, 2.05) is 47.4 Å². The summed E-state index contributed by atoms with van der Waals surface area (Å²) >= 11 is 0. The molecule has 2 N–H and O–H groups in total. The summed E-state index contributed by atoms with van der Waals surface area (Å²) in [4.78, 5) is 19.6. The number of carbonyl (C=O) groups is 1. The van der Waals surface area contributed by atoms with Crippen molar-refractivity contribution in [3.8, 4) is 11.4 Å². The lowest BCUT2D eigenvalue weighted by molar-refractivity contribution is 0.0786. The summed E-state index contributed by atoms with van der Waals surface area (Å²) < 4.78 is 5.36. The third-order valence-electron chi connectivity index (χ3n) is 5.99. The van der Waals surface area contributed by atoms with Crippen LogP contribution in [-0.2, 0) is 0 Å². The van der Waals surface area contributed by atoms with Gasteiger partial charge < -0.3 is 15.2 Å². The lowest BCUT2D eigenvalue weighted by Gasteiger charge is -2.17. The molecule has 1 aliphatic carbocycles. The number of rotatable bonds is 5. The van der Waals surface area contributed by atoms with E-state index in [9.17, 15) is 4.79 Å². The van der Waals surface area contributed by atoms with Crippen molar-refractivity contribution in [3.63, 3.8) is 0 Å². The highest BCUT2D eigenvalue weighted by Crippen LogP contribution is 2.39. The van der Waals surface area contributed by atoms with Crippen LogP contribution in [0.2, 0.25) is 0 Å². The van der Waals surface area contributed by atoms with E-state index in [2.05, 4.69) is 22.3 Å². The van der Waals surface area contributed by atoms with Gasteiger partial charge in [0.15, 0.2) is 0 Å². The van der Waals surface area contributed by atoms with Gasteiger partial charge >= 0.3 is 0 Å². The van der Waals surface area contributed by atoms with Crippen molar-refractivity contribution in [1.82, 2.24) is 15.0 Å². The first-order chi connectivity index (χ1) is 14.2. The van der Waals surface area contributed by atoms with Gasteiger partial charge in [0, 0.05) is 36.1 Å². The smallest absolute Gasteiger partial charge is 0.253 e. The van der Waals surface area contributed by atoms with Crippen molar-refractivity contribution in [1.29, 1.82) is 0 Å². The first kappa shape index (κ1) is 20.6. The second kappa shape index (κ2) is 8.58. The Morgan fingerprint density at radius 3 is 2.63 bits per heavy atom. The summed E-state index contributed by atoms with van der Waals surface area (Å²) in [6, 6.07) is 17.8. The number of halogens is 1. The molecular weight excluding hydrogens is 400 g/mol. The molecule has 2 fully saturated rings. The number of benzene rings is 2. The standard InChI is InChI=1S/C23H24N4O2.ClH/c24-12-19-13-27(14-20(19)15-5-2-1-3-6-15)23(28)18-8-4-7-17(11-18)21-25-22(29-26-21)16-9-10-16;/h1-8,11,16,19-20H,9-10,12-14,24H2;1H/t19-,20+;/m1./s1. The number of amides is 1. The Balaban J connectivity index is 0.00000218. The normalized spacial score (nSPS) is 20.8. The van der Waals surface area contributed by atoms with Crippen LogP contribution in [0.15, 0.2) is 59.1 Å². The molecule has 1 saturated heterocycles. The second-order valence-corrected chi connectivity index (χ2v) is 8.03. The minimum atomic E-state index is 0. The molecule has 0 unspecified atom stereocenters. The zero-order valence-electron chi connectivity index (χ0n) is 16.6. The third-order valence-corrected chi connectivity index (χ3v) is 5.99. The Morgan fingerprint density at radius 2 is 1.90 bits per heavy atom. The Morgan fingerprint density at radius 1 is 1.10 bits per heavy atom. The van der Waals surface area contributed by atoms with Crippen molar-refractivity contribution in [2.24, 2.45) is 11.7 Å². The Bertz CT molecular complexity index is 1020. The molecule has 0 bridgehead atoms. The maximum absolute atomic E-state index is 13.2. The van der Waals surface area contributed by atoms with Crippen LogP contribution >= 0.6 is 12.4 Å². The Kier molecular flexibility index (Phi) is 5.88. The zero-order valence-corrected chi connectivity index (χ0v) is 17.4. The molecule has 0 spiro atoms. The highest BCUT2D eigenvalue weighted by molar-refractivity contribution is 5.95. The quantitative estimate of drug-likeness (QED) is 0.672. The van der Waals surface area contributed by atoms with Gasteiger partial charge in [-0.25, -0.2) is 0 Å². The molecule has 7 heteroatoms. The molecule has 2 atom stereocenters. The van der Waals surface area contributed by atoms with Crippen LogP contribution in [-0.4, -0.2) is 40.6 Å². The van der Waals surface area contributed by atoms with Crippen LogP contribution in [0.1, 0.15) is 46.5 Å². The predicted octanol–water partition coefficient (Wildman–Crippen LogP) is 3.85. The molecule has 2 heterocycles. The molecule has 0 radical (unpaired) electrons. The number of aromatic nitrogens is 2. The lowest BCUT2D eigenvalue weighted by Crippen LogP contribution is -2.29. The zero-order chi connectivity index (χ0) is 19.8. The molecule has 2 aromatic carbocycles. The van der Waals surface area contributed by atoms with Crippen LogP contribution in [0.5, 0.6) is 0 Å². The van der Waals surface area contributed by atoms with Crippen molar-refractivity contribution < 1.29 is 9.32 Å². The van der Waals surface area contributed by atoms with E-state index in [0.717, 1.165) is 18.4 Å². The molecule has 1 amide bonds. The fraction of sp³-hybridized carbons (Fsp3) is 0.348. The summed E-state index contributed by atoms with van der Waals surface area (Å²) in [5.41, 5.74) is 8.72. The number of nitrogens with two attached hydrogens (primary N) is 1. The number of carbonyl (C=O) groups excluding carboxylic acids is 1. The van der Waals surface area contributed by atoms with Gasteiger partial charge in [0.1, 0.15) is 0 Å². The molecule has 6 nitrogen and oxygen atoms in total. The van der Waals surface area contributed by atoms with Crippen molar-refractivity contribution >= 4 is 18.3 Å². The molecule has 1 saturated carbocycles. The summed E-state index contributed by atoms with van der Waals surface area (Å²) in [7, 11) is 0. The van der Waals surface area contributed by atoms with Gasteiger partial charge in [-0.05, 0) is 43.0 Å². The van der Waals surface area contributed by atoms with Crippen molar-refractivity contribution in [3.05, 3.63) is 71.6 Å². The summed E-state index contributed by atoms with van der Waals surface area (Å²) in [5.74, 6) is 2.22. The molecule has 156 valence electrons. The third kappa shape index (κ3) is 3.98. The first-order valence-electron chi connectivity index (χ1n) is 10.2. The van der Waals surface area contributed by atoms with Crippen molar-refractivity contribution in [2.75, 3.05) is 19.6 Å². The minimum Gasteiger partial charge on any atom is -0.339 e. The summed E-state index contributed by atoms with van der Waals surface area (Å²) in [6.45, 7) is 1.92. The van der Waals surface area contributed by atoms with Gasteiger partial charge in [-0.1, -0.05) is 47.6 Å². The fourth-order valence-corrected chi connectivity index (χ4v) is 4.18. The molecule has 2 aliphatic rings. The van der Waals surface area contributed by atoms with E-state index in [-0.39, 0.29) is 30.2 Å². The van der Waals surface area contributed by atoms with Gasteiger partial charge in [0.25, 0.3) is 5.91 Å². The van der Waals surface area contributed by atoms with Crippen LogP contribution in [0, 0.1) is 5.92 Å². The summed E-state index contributed by atoms with van der Waals surface area (Å²) in [6.07, 6.45) is 2.22. The fourth-order valence-electron chi connectivity index (χ4n) is 4.18. The number of nitrogens with zero attached hydrogens (tertiary/aromatic N) is 3. The van der Waals surface area contributed by atoms with Gasteiger partial charge in [-0.3, -0.25) is 4.79 Å². The van der Waals surface area contributed by atoms with E-state index in [0.29, 0.717) is 42.8 Å². The van der Waals surface area contributed by atoms with Crippen LogP contribution in [0.3, 0.4) is 0 Å². The molecule has 5 rings (SSSR count). The lowest BCUT2D eigenvalue weighted by atomic mass is 9.89. The van der Waals surface area contributed by atoms with Gasteiger partial charge in [0.2, 0.25) is 11.7 Å². The van der Waals surface area contributed by atoms with Crippen LogP contribution in [0.25, 0.3) is 11.4 Å². The first-order valence-corrected chi connectivity index (χ1v) is 10.2. The predicted molar refractivity (Wildman–Crippen MR) is 117 cm³/mol. The van der Waals surface area contributed by atoms with Crippen molar-refractivity contribution in [2.45, 2.75) is 24.7 Å². The maximum atomic E-state index is 13.2. The van der Waals surface area contributed by atoms with E-state index in [1.165, 1.54) is 5.56 Å². The van der Waals surface area contributed by atoms with Crippen LogP contribution < -0.4 is 5.73 Å². The number of hydrogen-bond donors (Lipinski definition) is 1. The van der Waals surface area contributed by atoms with Gasteiger partial charge in [-0.2, -0.15) is 4.98 Å². The average molecular weight is 425 g/mol. The van der Waals surface area contributed by atoms with E-state index >= 15 is 0 Å². The second-order valence-electron chi connectivity index (χ2n) is 8.03. The highest BCUT2D eigenvalue weighted by atomic mass is 35.5. The van der Waals surface area contributed by atoms with Gasteiger partial charge in [-0.15, -0.1) is 12.4 Å². The van der Waals surface area contributed by atoms with E-state index < -0.39 is 0 Å². The summed E-state index contributed by atoms with van der Waals surface area (Å²) in [5, 5.41) is 4.10. The SMILES string of the molecule is Cl.NC[C@@H]1CN(C(=O)c2cccc(-c3noc(C4CC4)n3)c2)C[C@H]1c1ccccc1. The molecule has 1 aromatic heterocycles. The average Bonchev–Trinajstić information content (AvgIpc) is 3.34. The molecule has 3 aromatic rings. The maximum Gasteiger partial charge on any atom is 0.253 e.